The van der Waals surface area contributed by atoms with Gasteiger partial charge >= 0.3 is 0 Å². The largest absolute Gasteiger partial charge is 0.320 e. The van der Waals surface area contributed by atoms with Crippen molar-refractivity contribution in [1.82, 2.24) is 0 Å². The highest BCUT2D eigenvalue weighted by Crippen LogP contribution is 2.19. The second-order valence-corrected chi connectivity index (χ2v) is 4.30. The Bertz CT molecular complexity index is 448. The fourth-order valence-corrected chi connectivity index (χ4v) is 1.49. The van der Waals surface area contributed by atoms with Crippen LogP contribution in [0.4, 0.5) is 5.69 Å². The monoisotopic (exact) mass is 231 g/mol. The Morgan fingerprint density at radius 1 is 1.41 bits per heavy atom. The number of hydrogen-bond donors (Lipinski definition) is 1. The number of anilines is 1. The van der Waals surface area contributed by atoms with Crippen molar-refractivity contribution < 1.29 is 4.79 Å². The molecule has 1 unspecified atom stereocenters. The molecule has 0 fully saturated rings. The molecule has 17 heavy (non-hydrogen) atoms. The van der Waals surface area contributed by atoms with E-state index in [1.165, 1.54) is 4.90 Å². The van der Waals surface area contributed by atoms with Gasteiger partial charge in [-0.05, 0) is 18.1 Å². The van der Waals surface area contributed by atoms with E-state index >= 15 is 0 Å². The summed E-state index contributed by atoms with van der Waals surface area (Å²) in [6.45, 7) is 3.79. The van der Waals surface area contributed by atoms with Crippen molar-refractivity contribution in [2.24, 2.45) is 11.7 Å². The van der Waals surface area contributed by atoms with Crippen LogP contribution < -0.4 is 10.6 Å². The van der Waals surface area contributed by atoms with E-state index in [0.29, 0.717) is 11.3 Å². The van der Waals surface area contributed by atoms with E-state index in [2.05, 4.69) is 6.07 Å². The molecule has 1 amide bonds. The third kappa shape index (κ3) is 2.83. The summed E-state index contributed by atoms with van der Waals surface area (Å²) in [5, 5.41) is 8.98. The first-order valence-electron chi connectivity index (χ1n) is 5.51. The maximum Gasteiger partial charge on any atom is 0.243 e. The summed E-state index contributed by atoms with van der Waals surface area (Å²) in [4.78, 5) is 13.5. The van der Waals surface area contributed by atoms with Crippen LogP contribution in [0, 0.1) is 17.2 Å². The predicted molar refractivity (Wildman–Crippen MR) is 67.4 cm³/mol. The van der Waals surface area contributed by atoms with Crippen LogP contribution in [0.15, 0.2) is 24.3 Å². The standard InChI is InChI=1S/C13H17N3O/c1-9(2)12(15)13(17)16(3)11-7-5-4-6-10(11)8-14/h4-7,9,12H,15H2,1-3H3. The van der Waals surface area contributed by atoms with Crippen molar-refractivity contribution in [2.45, 2.75) is 19.9 Å². The molecule has 0 bridgehead atoms. The Morgan fingerprint density at radius 3 is 2.53 bits per heavy atom. The van der Waals surface area contributed by atoms with Crippen LogP contribution in [0.3, 0.4) is 0 Å². The molecule has 0 saturated heterocycles. The Morgan fingerprint density at radius 2 is 2.00 bits per heavy atom. The number of para-hydroxylation sites is 1. The summed E-state index contributed by atoms with van der Waals surface area (Å²) in [6, 6.07) is 8.49. The molecular weight excluding hydrogens is 214 g/mol. The molecule has 0 spiro atoms. The van der Waals surface area contributed by atoms with Crippen molar-refractivity contribution in [3.8, 4) is 6.07 Å². The lowest BCUT2D eigenvalue weighted by Gasteiger charge is -2.24. The summed E-state index contributed by atoms with van der Waals surface area (Å²) >= 11 is 0. The molecule has 0 saturated carbocycles. The summed E-state index contributed by atoms with van der Waals surface area (Å²) < 4.78 is 0. The van der Waals surface area contributed by atoms with Gasteiger partial charge in [-0.2, -0.15) is 5.26 Å². The second-order valence-electron chi connectivity index (χ2n) is 4.30. The number of carbonyl (C=O) groups is 1. The average Bonchev–Trinajstić information content (AvgIpc) is 2.35. The lowest BCUT2D eigenvalue weighted by molar-refractivity contribution is -0.120. The number of amides is 1. The molecule has 0 aliphatic heterocycles. The molecule has 0 radical (unpaired) electrons. The lowest BCUT2D eigenvalue weighted by atomic mass is 10.0. The van der Waals surface area contributed by atoms with E-state index in [4.69, 9.17) is 11.0 Å². The van der Waals surface area contributed by atoms with Gasteiger partial charge in [0.2, 0.25) is 5.91 Å². The van der Waals surface area contributed by atoms with Gasteiger partial charge in [0.25, 0.3) is 0 Å². The van der Waals surface area contributed by atoms with Gasteiger partial charge in [-0.15, -0.1) is 0 Å². The maximum atomic E-state index is 12.0. The fourth-order valence-electron chi connectivity index (χ4n) is 1.49. The molecular formula is C13H17N3O. The van der Waals surface area contributed by atoms with Gasteiger partial charge in [-0.25, -0.2) is 0 Å². The van der Waals surface area contributed by atoms with Crippen molar-refractivity contribution in [2.75, 3.05) is 11.9 Å². The molecule has 4 nitrogen and oxygen atoms in total. The number of nitriles is 1. The van der Waals surface area contributed by atoms with Gasteiger partial charge in [0.1, 0.15) is 6.07 Å². The van der Waals surface area contributed by atoms with Gasteiger partial charge in [-0.3, -0.25) is 4.79 Å². The Labute approximate surface area is 102 Å². The number of likely N-dealkylation sites (N-methyl/N-ethyl adjacent to an activating group) is 1. The highest BCUT2D eigenvalue weighted by Gasteiger charge is 2.23. The first kappa shape index (κ1) is 13.2. The number of nitrogens with two attached hydrogens (primary N) is 1. The predicted octanol–water partition coefficient (Wildman–Crippen LogP) is 1.50. The van der Waals surface area contributed by atoms with Crippen molar-refractivity contribution in [1.29, 1.82) is 5.26 Å². The number of hydrogen-bond acceptors (Lipinski definition) is 3. The topological polar surface area (TPSA) is 70.1 Å². The van der Waals surface area contributed by atoms with E-state index in [-0.39, 0.29) is 11.8 Å². The summed E-state index contributed by atoms with van der Waals surface area (Å²) in [6.07, 6.45) is 0. The van der Waals surface area contributed by atoms with Crippen molar-refractivity contribution in [3.63, 3.8) is 0 Å². The molecule has 0 aliphatic carbocycles. The van der Waals surface area contributed by atoms with E-state index in [9.17, 15) is 4.79 Å². The highest BCUT2D eigenvalue weighted by molar-refractivity contribution is 5.97. The summed E-state index contributed by atoms with van der Waals surface area (Å²) in [5.41, 5.74) is 6.88. The minimum Gasteiger partial charge on any atom is -0.320 e. The number of benzene rings is 1. The van der Waals surface area contributed by atoms with E-state index in [0.717, 1.165) is 0 Å². The van der Waals surface area contributed by atoms with E-state index in [1.807, 2.05) is 13.8 Å². The van der Waals surface area contributed by atoms with Crippen molar-refractivity contribution >= 4 is 11.6 Å². The van der Waals surface area contributed by atoms with Crippen molar-refractivity contribution in [3.05, 3.63) is 29.8 Å². The zero-order valence-electron chi connectivity index (χ0n) is 10.3. The molecule has 1 atom stereocenters. The normalized spacial score (nSPS) is 12.0. The first-order valence-corrected chi connectivity index (χ1v) is 5.51. The lowest BCUT2D eigenvalue weighted by Crippen LogP contribution is -2.45. The third-order valence-electron chi connectivity index (χ3n) is 2.72. The molecule has 90 valence electrons. The van der Waals surface area contributed by atoms with Crippen LogP contribution in [-0.2, 0) is 4.79 Å². The zero-order valence-corrected chi connectivity index (χ0v) is 10.3. The number of nitrogens with zero attached hydrogens (tertiary/aromatic N) is 2. The molecule has 1 aromatic carbocycles. The third-order valence-corrected chi connectivity index (χ3v) is 2.72. The molecule has 0 aliphatic rings. The maximum absolute atomic E-state index is 12.0. The number of carbonyl (C=O) groups excluding carboxylic acids is 1. The average molecular weight is 231 g/mol. The SMILES string of the molecule is CC(C)C(N)C(=O)N(C)c1ccccc1C#N. The van der Waals surface area contributed by atoms with Gasteiger partial charge in [-0.1, -0.05) is 26.0 Å². The van der Waals surface area contributed by atoms with Crippen LogP contribution in [-0.4, -0.2) is 19.0 Å². The van der Waals surface area contributed by atoms with E-state index in [1.54, 1.807) is 31.3 Å². The molecule has 0 heterocycles. The van der Waals surface area contributed by atoms with Gasteiger partial charge < -0.3 is 10.6 Å². The van der Waals surface area contributed by atoms with Crippen LogP contribution >= 0.6 is 0 Å². The van der Waals surface area contributed by atoms with Gasteiger partial charge in [0.05, 0.1) is 17.3 Å². The van der Waals surface area contributed by atoms with Crippen LogP contribution in [0.25, 0.3) is 0 Å². The van der Waals surface area contributed by atoms with Gasteiger partial charge in [0, 0.05) is 7.05 Å². The van der Waals surface area contributed by atoms with Crippen LogP contribution in [0.1, 0.15) is 19.4 Å². The summed E-state index contributed by atoms with van der Waals surface area (Å²) in [5.74, 6) is -0.109. The van der Waals surface area contributed by atoms with Crippen LogP contribution in [0.2, 0.25) is 0 Å². The Balaban J connectivity index is 3.01. The molecule has 1 aromatic rings. The molecule has 4 heteroatoms. The van der Waals surface area contributed by atoms with Gasteiger partial charge in [0.15, 0.2) is 0 Å². The summed E-state index contributed by atoms with van der Waals surface area (Å²) in [7, 11) is 1.64. The Hall–Kier alpha value is -1.86. The fraction of sp³-hybridized carbons (Fsp3) is 0.385. The molecule has 0 aromatic heterocycles. The molecule has 1 rings (SSSR count). The minimum absolute atomic E-state index is 0.0687. The quantitative estimate of drug-likeness (QED) is 0.857. The second kappa shape index (κ2) is 5.46. The first-order chi connectivity index (χ1) is 7.99. The van der Waals surface area contributed by atoms with Crippen LogP contribution in [0.5, 0.6) is 0 Å². The highest BCUT2D eigenvalue weighted by atomic mass is 16.2. The minimum atomic E-state index is -0.549. The molecule has 2 N–H and O–H groups in total. The zero-order chi connectivity index (χ0) is 13.0. The Kier molecular flexibility index (Phi) is 4.24. The smallest absolute Gasteiger partial charge is 0.243 e. The van der Waals surface area contributed by atoms with E-state index < -0.39 is 6.04 Å². The number of rotatable bonds is 3.